The van der Waals surface area contributed by atoms with E-state index in [1.807, 2.05) is 0 Å². The molecule has 0 saturated carbocycles. The van der Waals surface area contributed by atoms with Crippen LogP contribution in [0.3, 0.4) is 0 Å². The number of hydrogen-bond acceptors (Lipinski definition) is 3. The van der Waals surface area contributed by atoms with Crippen LogP contribution in [0.4, 0.5) is 4.79 Å². The maximum Gasteiger partial charge on any atom is 0.324 e. The third kappa shape index (κ3) is 1.87. The Kier molecular flexibility index (Phi) is 2.67. The molecule has 2 N–H and O–H groups in total. The molecule has 78 valence electrons. The van der Waals surface area contributed by atoms with Gasteiger partial charge in [-0.2, -0.15) is 0 Å². The number of carbonyl (C=O) groups excluding carboxylic acids is 2. The predicted molar refractivity (Wildman–Crippen MR) is 50.8 cm³/mol. The van der Waals surface area contributed by atoms with Gasteiger partial charge in [-0.15, -0.1) is 0 Å². The van der Waals surface area contributed by atoms with Gasteiger partial charge < -0.3 is 10.6 Å². The Bertz CT molecular complexity index is 232. The van der Waals surface area contributed by atoms with Crippen molar-refractivity contribution < 1.29 is 9.59 Å². The number of rotatable bonds is 3. The SMILES string of the molecule is O=C1CNC(=O)N1CCC1CCCN1. The highest BCUT2D eigenvalue weighted by atomic mass is 16.2. The van der Waals surface area contributed by atoms with Crippen LogP contribution in [0, 0.1) is 0 Å². The van der Waals surface area contributed by atoms with E-state index in [4.69, 9.17) is 0 Å². The molecule has 0 spiro atoms. The lowest BCUT2D eigenvalue weighted by Gasteiger charge is -2.15. The minimum atomic E-state index is -0.243. The number of amides is 3. The van der Waals surface area contributed by atoms with Gasteiger partial charge in [0.25, 0.3) is 0 Å². The molecule has 2 aliphatic rings. The van der Waals surface area contributed by atoms with Crippen molar-refractivity contribution in [1.29, 1.82) is 0 Å². The number of hydrogen-bond donors (Lipinski definition) is 2. The minimum Gasteiger partial charge on any atom is -0.329 e. The fourth-order valence-electron chi connectivity index (χ4n) is 1.97. The largest absolute Gasteiger partial charge is 0.329 e. The number of carbonyl (C=O) groups is 2. The molecule has 14 heavy (non-hydrogen) atoms. The van der Waals surface area contributed by atoms with Gasteiger partial charge in [0.15, 0.2) is 0 Å². The van der Waals surface area contributed by atoms with E-state index in [2.05, 4.69) is 10.6 Å². The highest BCUT2D eigenvalue weighted by Gasteiger charge is 2.28. The van der Waals surface area contributed by atoms with Crippen LogP contribution in [-0.2, 0) is 4.79 Å². The summed E-state index contributed by atoms with van der Waals surface area (Å²) in [6, 6.07) is 0.240. The van der Waals surface area contributed by atoms with Gasteiger partial charge in [0.05, 0.1) is 6.54 Å². The molecular formula is C9H15N3O2. The summed E-state index contributed by atoms with van der Waals surface area (Å²) < 4.78 is 0. The molecule has 1 atom stereocenters. The normalized spacial score (nSPS) is 27.1. The standard InChI is InChI=1S/C9H15N3O2/c13-8-6-11-9(14)12(8)5-3-7-2-1-4-10-7/h7,10H,1-6H2,(H,11,14). The molecule has 1 unspecified atom stereocenters. The third-order valence-corrected chi connectivity index (χ3v) is 2.80. The Hall–Kier alpha value is -1.10. The monoisotopic (exact) mass is 197 g/mol. The second kappa shape index (κ2) is 3.96. The molecule has 2 fully saturated rings. The summed E-state index contributed by atoms with van der Waals surface area (Å²) in [7, 11) is 0. The molecule has 2 rings (SSSR count). The number of nitrogens with zero attached hydrogens (tertiary/aromatic N) is 1. The Morgan fingerprint density at radius 2 is 2.29 bits per heavy atom. The van der Waals surface area contributed by atoms with Crippen LogP contribution in [0.25, 0.3) is 0 Å². The molecule has 0 bridgehead atoms. The maximum atomic E-state index is 11.2. The van der Waals surface area contributed by atoms with E-state index < -0.39 is 0 Å². The Morgan fingerprint density at radius 1 is 1.43 bits per heavy atom. The average Bonchev–Trinajstić information content (AvgIpc) is 2.76. The molecule has 2 heterocycles. The fraction of sp³-hybridized carbons (Fsp3) is 0.778. The fourth-order valence-corrected chi connectivity index (χ4v) is 1.97. The van der Waals surface area contributed by atoms with Crippen LogP contribution in [-0.4, -0.2) is 42.5 Å². The molecule has 0 aromatic rings. The van der Waals surface area contributed by atoms with Crippen LogP contribution < -0.4 is 10.6 Å². The number of imide groups is 1. The van der Waals surface area contributed by atoms with E-state index >= 15 is 0 Å². The average molecular weight is 197 g/mol. The van der Waals surface area contributed by atoms with E-state index in [9.17, 15) is 9.59 Å². The predicted octanol–water partition coefficient (Wildman–Crippen LogP) is -0.320. The maximum absolute atomic E-state index is 11.2. The van der Waals surface area contributed by atoms with E-state index in [0.717, 1.165) is 19.4 Å². The van der Waals surface area contributed by atoms with E-state index in [-0.39, 0.29) is 18.5 Å². The molecule has 5 heteroatoms. The zero-order chi connectivity index (χ0) is 9.97. The molecule has 2 saturated heterocycles. The first-order chi connectivity index (χ1) is 6.77. The summed E-state index contributed by atoms with van der Waals surface area (Å²) in [4.78, 5) is 23.7. The highest BCUT2D eigenvalue weighted by molar-refractivity contribution is 6.01. The Morgan fingerprint density at radius 3 is 2.86 bits per heavy atom. The molecular weight excluding hydrogens is 182 g/mol. The molecule has 0 aromatic carbocycles. The molecule has 0 radical (unpaired) electrons. The lowest BCUT2D eigenvalue weighted by molar-refractivity contribution is -0.125. The molecule has 0 aliphatic carbocycles. The van der Waals surface area contributed by atoms with E-state index in [1.165, 1.54) is 11.3 Å². The Labute approximate surface area is 82.8 Å². The van der Waals surface area contributed by atoms with Crippen LogP contribution >= 0.6 is 0 Å². The zero-order valence-electron chi connectivity index (χ0n) is 8.08. The summed E-state index contributed by atoms with van der Waals surface area (Å²) in [5, 5.41) is 5.85. The van der Waals surface area contributed by atoms with Gasteiger partial charge in [-0.05, 0) is 25.8 Å². The van der Waals surface area contributed by atoms with E-state index in [0.29, 0.717) is 12.6 Å². The van der Waals surface area contributed by atoms with Crippen LogP contribution in [0.2, 0.25) is 0 Å². The first kappa shape index (κ1) is 9.45. The van der Waals surface area contributed by atoms with Gasteiger partial charge in [0.2, 0.25) is 5.91 Å². The number of nitrogens with one attached hydrogen (secondary N) is 2. The zero-order valence-corrected chi connectivity index (χ0v) is 8.08. The van der Waals surface area contributed by atoms with E-state index in [1.54, 1.807) is 0 Å². The highest BCUT2D eigenvalue weighted by Crippen LogP contribution is 2.10. The van der Waals surface area contributed by atoms with Crippen LogP contribution in [0.1, 0.15) is 19.3 Å². The van der Waals surface area contributed by atoms with Crippen LogP contribution in [0.15, 0.2) is 0 Å². The van der Waals surface area contributed by atoms with Crippen molar-refractivity contribution in [2.75, 3.05) is 19.6 Å². The summed E-state index contributed by atoms with van der Waals surface area (Å²) in [6.07, 6.45) is 3.23. The quantitative estimate of drug-likeness (QED) is 0.610. The van der Waals surface area contributed by atoms with Crippen molar-refractivity contribution in [3.05, 3.63) is 0 Å². The van der Waals surface area contributed by atoms with Gasteiger partial charge in [0, 0.05) is 12.6 Å². The molecule has 3 amide bonds. The first-order valence-corrected chi connectivity index (χ1v) is 5.09. The van der Waals surface area contributed by atoms with Crippen molar-refractivity contribution >= 4 is 11.9 Å². The smallest absolute Gasteiger partial charge is 0.324 e. The third-order valence-electron chi connectivity index (χ3n) is 2.80. The van der Waals surface area contributed by atoms with Crippen molar-refractivity contribution in [3.8, 4) is 0 Å². The van der Waals surface area contributed by atoms with Crippen LogP contribution in [0.5, 0.6) is 0 Å². The van der Waals surface area contributed by atoms with Crippen molar-refractivity contribution in [3.63, 3.8) is 0 Å². The molecule has 2 aliphatic heterocycles. The summed E-state index contributed by atoms with van der Waals surface area (Å²) in [5.74, 6) is -0.104. The lowest BCUT2D eigenvalue weighted by atomic mass is 10.1. The lowest BCUT2D eigenvalue weighted by Crippen LogP contribution is -2.35. The molecule has 0 aromatic heterocycles. The van der Waals surface area contributed by atoms with Gasteiger partial charge >= 0.3 is 6.03 Å². The van der Waals surface area contributed by atoms with Gasteiger partial charge in [-0.1, -0.05) is 0 Å². The van der Waals surface area contributed by atoms with Gasteiger partial charge in [-0.25, -0.2) is 4.79 Å². The van der Waals surface area contributed by atoms with Gasteiger partial charge in [-0.3, -0.25) is 9.69 Å². The second-order valence-corrected chi connectivity index (χ2v) is 3.79. The second-order valence-electron chi connectivity index (χ2n) is 3.79. The Balaban J connectivity index is 1.78. The minimum absolute atomic E-state index is 0.104. The summed E-state index contributed by atoms with van der Waals surface area (Å²) >= 11 is 0. The van der Waals surface area contributed by atoms with Gasteiger partial charge in [0.1, 0.15) is 0 Å². The first-order valence-electron chi connectivity index (χ1n) is 5.09. The summed E-state index contributed by atoms with van der Waals surface area (Å²) in [6.45, 7) is 1.77. The summed E-state index contributed by atoms with van der Waals surface area (Å²) in [5.41, 5.74) is 0. The molecule has 5 nitrogen and oxygen atoms in total. The topological polar surface area (TPSA) is 61.4 Å². The number of urea groups is 1. The van der Waals surface area contributed by atoms with Crippen molar-refractivity contribution in [2.45, 2.75) is 25.3 Å². The van der Waals surface area contributed by atoms with Crippen molar-refractivity contribution in [1.82, 2.24) is 15.5 Å². The van der Waals surface area contributed by atoms with Crippen molar-refractivity contribution in [2.24, 2.45) is 0 Å².